The fourth-order valence-corrected chi connectivity index (χ4v) is 0.443. The van der Waals surface area contributed by atoms with Gasteiger partial charge in [0.15, 0.2) is 0 Å². The molecule has 0 unspecified atom stereocenters. The molecule has 0 spiro atoms. The second-order valence-corrected chi connectivity index (χ2v) is 2.08. The van der Waals surface area contributed by atoms with E-state index in [1.165, 1.54) is 6.08 Å². The van der Waals surface area contributed by atoms with E-state index in [9.17, 15) is 0 Å². The van der Waals surface area contributed by atoms with Gasteiger partial charge in [0, 0.05) is 13.0 Å². The topological polar surface area (TPSA) is 40.5 Å². The lowest BCUT2D eigenvalue weighted by atomic mass is 10.3. The van der Waals surface area contributed by atoms with Gasteiger partial charge in [0.2, 0.25) is 0 Å². The molecule has 0 saturated heterocycles. The van der Waals surface area contributed by atoms with Crippen LogP contribution in [0.5, 0.6) is 0 Å². The molecule has 12 heavy (non-hydrogen) atoms. The summed E-state index contributed by atoms with van der Waals surface area (Å²) in [5, 5.41) is 17.3. The Morgan fingerprint density at radius 3 is 2.75 bits per heavy atom. The highest BCUT2D eigenvalue weighted by Gasteiger charge is 1.84. The molecule has 0 aromatic carbocycles. The lowest BCUT2D eigenvalue weighted by Gasteiger charge is -1.86. The molecule has 2 N–H and O–H groups in total. The maximum absolute atomic E-state index is 8.86. The second-order valence-electron chi connectivity index (χ2n) is 2.08. The minimum Gasteiger partial charge on any atom is -0.396 e. The first-order valence-electron chi connectivity index (χ1n) is 3.71. The van der Waals surface area contributed by atoms with E-state index in [1.54, 1.807) is 0 Å². The smallest absolute Gasteiger partial charge is 0.134 e. The quantitative estimate of drug-likeness (QED) is 0.358. The summed E-state index contributed by atoms with van der Waals surface area (Å²) in [6.45, 7) is 3.51. The summed E-state index contributed by atoms with van der Waals surface area (Å²) in [6, 6.07) is 0. The van der Waals surface area contributed by atoms with E-state index < -0.39 is 6.10 Å². The molecular weight excluding hydrogens is 152 g/mol. The molecule has 0 aliphatic rings. The molecule has 0 amide bonds. The SMILES string of the molecule is C=C[C@@H](O)C#CC#CCCCO. The van der Waals surface area contributed by atoms with Crippen molar-refractivity contribution in [3.05, 3.63) is 12.7 Å². The first-order chi connectivity index (χ1) is 5.81. The molecular formula is C10H12O2. The molecule has 0 aromatic heterocycles. The zero-order chi connectivity index (χ0) is 9.23. The van der Waals surface area contributed by atoms with Gasteiger partial charge in [0.25, 0.3) is 0 Å². The van der Waals surface area contributed by atoms with E-state index in [1.807, 2.05) is 0 Å². The van der Waals surface area contributed by atoms with Gasteiger partial charge in [-0.15, -0.1) is 0 Å². The third kappa shape index (κ3) is 6.89. The highest BCUT2D eigenvalue weighted by Crippen LogP contribution is 1.82. The second kappa shape index (κ2) is 7.88. The van der Waals surface area contributed by atoms with Gasteiger partial charge >= 0.3 is 0 Å². The molecule has 0 aliphatic carbocycles. The summed E-state index contributed by atoms with van der Waals surface area (Å²) < 4.78 is 0. The van der Waals surface area contributed by atoms with Crippen molar-refractivity contribution < 1.29 is 10.2 Å². The first-order valence-corrected chi connectivity index (χ1v) is 3.71. The van der Waals surface area contributed by atoms with Crippen molar-refractivity contribution in [3.63, 3.8) is 0 Å². The van der Waals surface area contributed by atoms with Gasteiger partial charge in [-0.3, -0.25) is 0 Å². The summed E-state index contributed by atoms with van der Waals surface area (Å²) in [5.74, 6) is 10.2. The van der Waals surface area contributed by atoms with Crippen molar-refractivity contribution in [1.29, 1.82) is 0 Å². The van der Waals surface area contributed by atoms with Gasteiger partial charge in [-0.05, 0) is 18.3 Å². The van der Waals surface area contributed by atoms with Crippen LogP contribution in [0.15, 0.2) is 12.7 Å². The maximum atomic E-state index is 8.86. The summed E-state index contributed by atoms with van der Waals surface area (Å²) in [7, 11) is 0. The molecule has 0 rings (SSSR count). The van der Waals surface area contributed by atoms with Gasteiger partial charge in [-0.1, -0.05) is 24.5 Å². The van der Waals surface area contributed by atoms with Gasteiger partial charge in [0.1, 0.15) is 6.10 Å². The number of aliphatic hydroxyl groups excluding tert-OH is 2. The van der Waals surface area contributed by atoms with Crippen molar-refractivity contribution in [2.24, 2.45) is 0 Å². The molecule has 2 heteroatoms. The summed E-state index contributed by atoms with van der Waals surface area (Å²) in [4.78, 5) is 0. The normalized spacial score (nSPS) is 10.2. The van der Waals surface area contributed by atoms with E-state index >= 15 is 0 Å². The standard InChI is InChI=1S/C10H12O2/c1-2-10(12)8-6-4-3-5-7-9-11/h2,10-12H,1,5,7,9H2/t10-/m1/s1. The number of rotatable bonds is 3. The number of unbranched alkanes of at least 4 members (excludes halogenated alkanes) is 1. The molecule has 0 heterocycles. The molecule has 64 valence electrons. The van der Waals surface area contributed by atoms with Crippen LogP contribution in [0.3, 0.4) is 0 Å². The van der Waals surface area contributed by atoms with Crippen molar-refractivity contribution >= 4 is 0 Å². The van der Waals surface area contributed by atoms with Crippen LogP contribution in [0, 0.1) is 23.7 Å². The lowest BCUT2D eigenvalue weighted by molar-refractivity contribution is 0.281. The molecule has 1 atom stereocenters. The Bertz CT molecular complexity index is 234. The highest BCUT2D eigenvalue weighted by molar-refractivity contribution is 5.28. The number of aliphatic hydroxyl groups is 2. The van der Waals surface area contributed by atoms with Crippen LogP contribution in [-0.2, 0) is 0 Å². The Labute approximate surface area is 72.9 Å². The molecule has 0 radical (unpaired) electrons. The van der Waals surface area contributed by atoms with Crippen molar-refractivity contribution in [2.75, 3.05) is 6.61 Å². The van der Waals surface area contributed by atoms with Crippen molar-refractivity contribution in [1.82, 2.24) is 0 Å². The Balaban J connectivity index is 3.65. The Hall–Kier alpha value is -1.22. The Kier molecular flexibility index (Phi) is 7.08. The number of hydrogen-bond donors (Lipinski definition) is 2. The summed E-state index contributed by atoms with van der Waals surface area (Å²) >= 11 is 0. The van der Waals surface area contributed by atoms with E-state index in [-0.39, 0.29) is 6.61 Å². The van der Waals surface area contributed by atoms with Crippen LogP contribution in [0.2, 0.25) is 0 Å². The van der Waals surface area contributed by atoms with Crippen LogP contribution < -0.4 is 0 Å². The van der Waals surface area contributed by atoms with E-state index in [4.69, 9.17) is 10.2 Å². The Morgan fingerprint density at radius 2 is 2.17 bits per heavy atom. The number of hydrogen-bond acceptors (Lipinski definition) is 2. The predicted molar refractivity (Wildman–Crippen MR) is 48.1 cm³/mol. The zero-order valence-electron chi connectivity index (χ0n) is 6.88. The maximum Gasteiger partial charge on any atom is 0.134 e. The monoisotopic (exact) mass is 164 g/mol. The third-order valence-electron chi connectivity index (χ3n) is 1.05. The summed E-state index contributed by atoms with van der Waals surface area (Å²) in [6.07, 6.45) is 1.84. The predicted octanol–water partition coefficient (Wildman–Crippen LogP) is 0.313. The summed E-state index contributed by atoms with van der Waals surface area (Å²) in [5.41, 5.74) is 0. The Morgan fingerprint density at radius 1 is 1.42 bits per heavy atom. The van der Waals surface area contributed by atoms with Gasteiger partial charge in [-0.25, -0.2) is 0 Å². The molecule has 0 bridgehead atoms. The molecule has 0 saturated carbocycles. The van der Waals surface area contributed by atoms with Gasteiger partial charge < -0.3 is 10.2 Å². The average molecular weight is 164 g/mol. The average Bonchev–Trinajstić information content (AvgIpc) is 2.10. The molecule has 0 aromatic rings. The van der Waals surface area contributed by atoms with Crippen LogP contribution >= 0.6 is 0 Å². The zero-order valence-corrected chi connectivity index (χ0v) is 6.88. The largest absolute Gasteiger partial charge is 0.396 e. The fraction of sp³-hybridized carbons (Fsp3) is 0.400. The van der Waals surface area contributed by atoms with Crippen molar-refractivity contribution in [3.8, 4) is 23.7 Å². The molecule has 0 aliphatic heterocycles. The van der Waals surface area contributed by atoms with Gasteiger partial charge in [0.05, 0.1) is 0 Å². The van der Waals surface area contributed by atoms with E-state index in [2.05, 4.69) is 30.3 Å². The van der Waals surface area contributed by atoms with E-state index in [0.29, 0.717) is 12.8 Å². The van der Waals surface area contributed by atoms with Gasteiger partial charge in [-0.2, -0.15) is 0 Å². The highest BCUT2D eigenvalue weighted by atomic mass is 16.3. The molecule has 2 nitrogen and oxygen atoms in total. The molecule has 0 fully saturated rings. The first kappa shape index (κ1) is 10.8. The third-order valence-corrected chi connectivity index (χ3v) is 1.05. The van der Waals surface area contributed by atoms with E-state index in [0.717, 1.165) is 0 Å². The lowest BCUT2D eigenvalue weighted by Crippen LogP contribution is -1.94. The minimum absolute atomic E-state index is 0.150. The van der Waals surface area contributed by atoms with Crippen LogP contribution in [0.4, 0.5) is 0 Å². The fourth-order valence-electron chi connectivity index (χ4n) is 0.443. The van der Waals surface area contributed by atoms with Crippen LogP contribution in [-0.4, -0.2) is 22.9 Å². The van der Waals surface area contributed by atoms with Crippen molar-refractivity contribution in [2.45, 2.75) is 18.9 Å². The van der Waals surface area contributed by atoms with Crippen LogP contribution in [0.25, 0.3) is 0 Å². The van der Waals surface area contributed by atoms with Crippen LogP contribution in [0.1, 0.15) is 12.8 Å². The minimum atomic E-state index is -0.794.